The Kier molecular flexibility index (Phi) is 7.18. The number of nitrogens with zero attached hydrogens (tertiary/aromatic N) is 3. The van der Waals surface area contributed by atoms with E-state index >= 15 is 0 Å². The standard InChI is InChI=1S/C33H33Cl2N5/c1-40(2)25-9-5-22(6-10-25)21-39-33(29-14-18-38-31-20-24(35)8-12-27(29)31)16-4-3-15-32(33,36)28-13-17-37-30-19-23(34)7-11-26(28)30/h5-14,17-20,39H,3-4,15-16,21,36H2,1-2H3/t32-,33-/m0/s1. The first-order valence-corrected chi connectivity index (χ1v) is 14.5. The molecule has 5 nitrogen and oxygen atoms in total. The molecule has 2 aromatic heterocycles. The van der Waals surface area contributed by atoms with Gasteiger partial charge in [0.2, 0.25) is 0 Å². The maximum atomic E-state index is 7.77. The quantitative estimate of drug-likeness (QED) is 0.221. The molecule has 0 amide bonds. The van der Waals surface area contributed by atoms with Gasteiger partial charge in [0.25, 0.3) is 0 Å². The van der Waals surface area contributed by atoms with Crippen LogP contribution in [0.5, 0.6) is 0 Å². The molecule has 1 saturated carbocycles. The fourth-order valence-corrected chi connectivity index (χ4v) is 6.81. The van der Waals surface area contributed by atoms with E-state index in [9.17, 15) is 0 Å². The average molecular weight is 571 g/mol. The van der Waals surface area contributed by atoms with Crippen LogP contribution in [0.3, 0.4) is 0 Å². The van der Waals surface area contributed by atoms with Gasteiger partial charge in [-0.3, -0.25) is 9.97 Å². The lowest BCUT2D eigenvalue weighted by Gasteiger charge is -2.53. The number of aromatic nitrogens is 2. The summed E-state index contributed by atoms with van der Waals surface area (Å²) in [7, 11) is 4.11. The van der Waals surface area contributed by atoms with Crippen molar-refractivity contribution in [1.29, 1.82) is 0 Å². The van der Waals surface area contributed by atoms with E-state index in [2.05, 4.69) is 82.8 Å². The highest BCUT2D eigenvalue weighted by Crippen LogP contribution is 2.52. The first-order chi connectivity index (χ1) is 19.3. The van der Waals surface area contributed by atoms with Gasteiger partial charge in [0.1, 0.15) is 0 Å². The molecule has 0 saturated heterocycles. The van der Waals surface area contributed by atoms with E-state index in [1.807, 2.05) is 36.7 Å². The molecule has 2 heterocycles. The number of anilines is 1. The molecule has 6 rings (SSSR count). The Morgan fingerprint density at radius 1 is 0.775 bits per heavy atom. The maximum Gasteiger partial charge on any atom is 0.0720 e. The molecule has 2 atom stereocenters. The lowest BCUT2D eigenvalue weighted by atomic mass is 9.60. The highest BCUT2D eigenvalue weighted by Gasteiger charge is 2.53. The number of fused-ring (bicyclic) bond motifs is 2. The summed E-state index contributed by atoms with van der Waals surface area (Å²) in [4.78, 5) is 11.4. The molecule has 0 radical (unpaired) electrons. The molecule has 0 unspecified atom stereocenters. The largest absolute Gasteiger partial charge is 0.378 e. The van der Waals surface area contributed by atoms with Gasteiger partial charge < -0.3 is 16.0 Å². The van der Waals surface area contributed by atoms with Crippen LogP contribution in [-0.4, -0.2) is 24.1 Å². The zero-order chi connectivity index (χ0) is 27.9. The number of pyridine rings is 2. The third kappa shape index (κ3) is 4.61. The Balaban J connectivity index is 1.56. The molecular formula is C33H33Cl2N5. The van der Waals surface area contributed by atoms with Crippen LogP contribution < -0.4 is 16.0 Å². The number of rotatable bonds is 6. The Bertz CT molecular complexity index is 1690. The fourth-order valence-electron chi connectivity index (χ4n) is 6.48. The second kappa shape index (κ2) is 10.6. The summed E-state index contributed by atoms with van der Waals surface area (Å²) in [5, 5.41) is 7.45. The fraction of sp³-hybridized carbons (Fsp3) is 0.273. The van der Waals surface area contributed by atoms with Gasteiger partial charge >= 0.3 is 0 Å². The van der Waals surface area contributed by atoms with Crippen LogP contribution in [0.4, 0.5) is 5.69 Å². The van der Waals surface area contributed by atoms with Crippen molar-refractivity contribution in [3.05, 3.63) is 112 Å². The number of hydrogen-bond acceptors (Lipinski definition) is 5. The van der Waals surface area contributed by atoms with Crippen molar-refractivity contribution in [2.75, 3.05) is 19.0 Å². The smallest absolute Gasteiger partial charge is 0.0720 e. The van der Waals surface area contributed by atoms with Gasteiger partial charge in [-0.1, -0.05) is 60.3 Å². The van der Waals surface area contributed by atoms with Crippen molar-refractivity contribution in [3.8, 4) is 0 Å². The van der Waals surface area contributed by atoms with Crippen molar-refractivity contribution in [2.45, 2.75) is 43.3 Å². The van der Waals surface area contributed by atoms with Gasteiger partial charge in [-0.25, -0.2) is 0 Å². The van der Waals surface area contributed by atoms with Crippen LogP contribution >= 0.6 is 23.2 Å². The Hall–Kier alpha value is -3.22. The minimum absolute atomic E-state index is 0.589. The molecule has 0 aliphatic heterocycles. The monoisotopic (exact) mass is 569 g/mol. The van der Waals surface area contributed by atoms with Gasteiger partial charge in [-0.15, -0.1) is 0 Å². The second-order valence-electron chi connectivity index (χ2n) is 11.0. The van der Waals surface area contributed by atoms with E-state index in [-0.39, 0.29) is 0 Å². The van der Waals surface area contributed by atoms with Crippen LogP contribution in [0.2, 0.25) is 10.0 Å². The molecule has 7 heteroatoms. The van der Waals surface area contributed by atoms with Crippen LogP contribution in [0.1, 0.15) is 42.4 Å². The van der Waals surface area contributed by atoms with E-state index in [1.165, 1.54) is 11.3 Å². The zero-order valence-corrected chi connectivity index (χ0v) is 24.3. The first-order valence-electron chi connectivity index (χ1n) is 13.7. The molecule has 0 bridgehead atoms. The van der Waals surface area contributed by atoms with Crippen molar-refractivity contribution in [1.82, 2.24) is 15.3 Å². The summed E-state index contributed by atoms with van der Waals surface area (Å²) in [5.41, 5.74) is 12.7. The molecule has 40 heavy (non-hydrogen) atoms. The summed E-state index contributed by atoms with van der Waals surface area (Å²) >= 11 is 12.8. The zero-order valence-electron chi connectivity index (χ0n) is 22.8. The Morgan fingerprint density at radius 2 is 1.35 bits per heavy atom. The number of nitrogens with one attached hydrogen (secondary N) is 1. The first kappa shape index (κ1) is 27.0. The maximum absolute atomic E-state index is 7.77. The molecule has 5 aromatic rings. The summed E-state index contributed by atoms with van der Waals surface area (Å²) in [6.07, 6.45) is 7.51. The summed E-state index contributed by atoms with van der Waals surface area (Å²) in [5.74, 6) is 0. The molecular weight excluding hydrogens is 537 g/mol. The van der Waals surface area contributed by atoms with Crippen molar-refractivity contribution < 1.29 is 0 Å². The van der Waals surface area contributed by atoms with Crippen LogP contribution in [0, 0.1) is 0 Å². The summed E-state index contributed by atoms with van der Waals surface area (Å²) < 4.78 is 0. The highest BCUT2D eigenvalue weighted by atomic mass is 35.5. The second-order valence-corrected chi connectivity index (χ2v) is 11.9. The van der Waals surface area contributed by atoms with Gasteiger partial charge in [0.15, 0.2) is 0 Å². The highest BCUT2D eigenvalue weighted by molar-refractivity contribution is 6.31. The Labute approximate surface area is 245 Å². The molecule has 1 aliphatic carbocycles. The molecule has 0 spiro atoms. The number of benzene rings is 3. The van der Waals surface area contributed by atoms with E-state index in [0.29, 0.717) is 16.6 Å². The van der Waals surface area contributed by atoms with Crippen molar-refractivity contribution in [2.24, 2.45) is 5.73 Å². The van der Waals surface area contributed by atoms with Gasteiger partial charge in [-0.2, -0.15) is 0 Å². The van der Waals surface area contributed by atoms with E-state index in [1.54, 1.807) is 0 Å². The van der Waals surface area contributed by atoms with Gasteiger partial charge in [-0.05, 0) is 78.1 Å². The minimum atomic E-state index is -0.738. The van der Waals surface area contributed by atoms with Crippen molar-refractivity contribution in [3.63, 3.8) is 0 Å². The topological polar surface area (TPSA) is 67.1 Å². The minimum Gasteiger partial charge on any atom is -0.378 e. The predicted octanol–water partition coefficient (Wildman–Crippen LogP) is 7.57. The number of nitrogens with two attached hydrogens (primary N) is 1. The molecule has 3 aromatic carbocycles. The lowest BCUT2D eigenvalue weighted by Crippen LogP contribution is -2.64. The number of halogens is 2. The molecule has 1 fully saturated rings. The molecule has 3 N–H and O–H groups in total. The predicted molar refractivity (Wildman–Crippen MR) is 167 cm³/mol. The Morgan fingerprint density at radius 3 is 1.98 bits per heavy atom. The van der Waals surface area contributed by atoms with Crippen molar-refractivity contribution >= 4 is 50.7 Å². The molecule has 204 valence electrons. The SMILES string of the molecule is CN(C)c1ccc(CN[C@]2(c3ccnc4cc(Cl)ccc34)CCCC[C@]2(N)c2ccnc3cc(Cl)ccc23)cc1. The van der Waals surface area contributed by atoms with Crippen LogP contribution in [-0.2, 0) is 17.6 Å². The van der Waals surface area contributed by atoms with E-state index in [0.717, 1.165) is 58.6 Å². The van der Waals surface area contributed by atoms with Crippen LogP contribution in [0.25, 0.3) is 21.8 Å². The van der Waals surface area contributed by atoms with E-state index < -0.39 is 11.1 Å². The van der Waals surface area contributed by atoms with Crippen LogP contribution in [0.15, 0.2) is 85.2 Å². The van der Waals surface area contributed by atoms with Gasteiger partial charge in [0.05, 0.1) is 22.1 Å². The summed E-state index contributed by atoms with van der Waals surface area (Å²) in [6, 6.07) is 24.7. The van der Waals surface area contributed by atoms with Gasteiger partial charge in [0, 0.05) is 59.5 Å². The van der Waals surface area contributed by atoms with E-state index in [4.69, 9.17) is 28.9 Å². The normalized spacial score (nSPS) is 21.1. The lowest BCUT2D eigenvalue weighted by molar-refractivity contribution is 0.103. The molecule has 1 aliphatic rings. The summed E-state index contributed by atoms with van der Waals surface area (Å²) in [6.45, 7) is 0.666. The number of hydrogen-bond donors (Lipinski definition) is 2. The third-order valence-corrected chi connectivity index (χ3v) is 9.00. The third-order valence-electron chi connectivity index (χ3n) is 8.53. The average Bonchev–Trinajstić information content (AvgIpc) is 2.96.